The molecule has 0 aliphatic carbocycles. The molecule has 3 rings (SSSR count). The zero-order valence-corrected chi connectivity index (χ0v) is 10.4. The molecule has 0 atom stereocenters. The summed E-state index contributed by atoms with van der Waals surface area (Å²) in [6.07, 6.45) is 2.60. The summed E-state index contributed by atoms with van der Waals surface area (Å²) >= 11 is 0. The molecule has 0 saturated carbocycles. The fraction of sp³-hybridized carbons (Fsp3) is 0.0667. The molecule has 0 N–H and O–H groups in total. The number of aryl methyl sites for hydroxylation is 1. The molecule has 0 aliphatic heterocycles. The average Bonchev–Trinajstić information content (AvgIpc) is 3.07. The van der Waals surface area contributed by atoms with E-state index in [1.807, 2.05) is 43.5 Å². The van der Waals surface area contributed by atoms with Crippen molar-refractivity contribution in [1.29, 1.82) is 0 Å². The molecule has 0 radical (unpaired) electrons. The van der Waals surface area contributed by atoms with Gasteiger partial charge in [0.25, 0.3) is 0 Å². The topological polar surface area (TPSA) is 48.0 Å². The molecular formula is C15H12N2O2. The first-order valence-electron chi connectivity index (χ1n) is 5.95. The number of para-hydroxylation sites is 1. The summed E-state index contributed by atoms with van der Waals surface area (Å²) in [7, 11) is 0. The number of furan rings is 1. The standard InChI is InChI=1S/C15H12N2O2/c1-11-8-9-17(16-11)14-5-3-2-4-13(14)15-7-6-12(10-18)19-15/h2-10H,1H3. The molecule has 94 valence electrons. The summed E-state index contributed by atoms with van der Waals surface area (Å²) in [5.41, 5.74) is 2.77. The molecule has 4 heteroatoms. The third-order valence-electron chi connectivity index (χ3n) is 2.88. The Morgan fingerprint density at radius 1 is 1.16 bits per heavy atom. The molecule has 0 fully saturated rings. The largest absolute Gasteiger partial charge is 0.453 e. The Bertz CT molecular complexity index is 725. The number of carbonyl (C=O) groups excluding carboxylic acids is 1. The Balaban J connectivity index is 2.14. The molecule has 2 heterocycles. The van der Waals surface area contributed by atoms with Crippen molar-refractivity contribution in [2.75, 3.05) is 0 Å². The number of carbonyl (C=O) groups is 1. The third kappa shape index (κ3) is 2.08. The van der Waals surface area contributed by atoms with Crippen molar-refractivity contribution in [3.8, 4) is 17.0 Å². The molecular weight excluding hydrogens is 240 g/mol. The fourth-order valence-corrected chi connectivity index (χ4v) is 1.99. The van der Waals surface area contributed by atoms with Gasteiger partial charge >= 0.3 is 0 Å². The lowest BCUT2D eigenvalue weighted by Crippen LogP contribution is -1.97. The second-order valence-corrected chi connectivity index (χ2v) is 4.24. The zero-order chi connectivity index (χ0) is 13.2. The predicted molar refractivity (Wildman–Crippen MR) is 71.4 cm³/mol. The van der Waals surface area contributed by atoms with Crippen LogP contribution in [0.3, 0.4) is 0 Å². The van der Waals surface area contributed by atoms with E-state index in [1.54, 1.807) is 16.8 Å². The highest BCUT2D eigenvalue weighted by Crippen LogP contribution is 2.27. The van der Waals surface area contributed by atoms with Crippen molar-refractivity contribution in [1.82, 2.24) is 9.78 Å². The van der Waals surface area contributed by atoms with E-state index >= 15 is 0 Å². The van der Waals surface area contributed by atoms with Gasteiger partial charge in [-0.15, -0.1) is 0 Å². The van der Waals surface area contributed by atoms with Gasteiger partial charge in [0, 0.05) is 11.8 Å². The smallest absolute Gasteiger partial charge is 0.185 e. The van der Waals surface area contributed by atoms with Crippen LogP contribution in [0.25, 0.3) is 17.0 Å². The lowest BCUT2D eigenvalue weighted by atomic mass is 10.1. The van der Waals surface area contributed by atoms with Gasteiger partial charge in [0.1, 0.15) is 5.76 Å². The second kappa shape index (κ2) is 4.57. The first kappa shape index (κ1) is 11.5. The maximum Gasteiger partial charge on any atom is 0.185 e. The van der Waals surface area contributed by atoms with Gasteiger partial charge < -0.3 is 4.42 Å². The highest BCUT2D eigenvalue weighted by Gasteiger charge is 2.11. The minimum absolute atomic E-state index is 0.321. The number of nitrogens with zero attached hydrogens (tertiary/aromatic N) is 2. The first-order valence-corrected chi connectivity index (χ1v) is 5.95. The molecule has 0 spiro atoms. The first-order chi connectivity index (χ1) is 9.28. The normalized spacial score (nSPS) is 10.6. The quantitative estimate of drug-likeness (QED) is 0.672. The molecule has 0 bridgehead atoms. The van der Waals surface area contributed by atoms with Crippen LogP contribution < -0.4 is 0 Å². The third-order valence-corrected chi connectivity index (χ3v) is 2.88. The zero-order valence-electron chi connectivity index (χ0n) is 10.4. The summed E-state index contributed by atoms with van der Waals surface area (Å²) in [5, 5.41) is 4.40. The van der Waals surface area contributed by atoms with Gasteiger partial charge in [0.2, 0.25) is 0 Å². The number of aldehydes is 1. The van der Waals surface area contributed by atoms with Crippen LogP contribution in [0.4, 0.5) is 0 Å². The van der Waals surface area contributed by atoms with Crippen molar-refractivity contribution < 1.29 is 9.21 Å². The van der Waals surface area contributed by atoms with Crippen LogP contribution in [-0.2, 0) is 0 Å². The van der Waals surface area contributed by atoms with E-state index in [2.05, 4.69) is 5.10 Å². The van der Waals surface area contributed by atoms with E-state index in [4.69, 9.17) is 4.42 Å². The molecule has 0 unspecified atom stereocenters. The van der Waals surface area contributed by atoms with Crippen LogP contribution in [0.15, 0.2) is 53.1 Å². The number of hydrogen-bond acceptors (Lipinski definition) is 3. The van der Waals surface area contributed by atoms with Gasteiger partial charge in [-0.1, -0.05) is 12.1 Å². The maximum absolute atomic E-state index is 10.7. The van der Waals surface area contributed by atoms with Crippen LogP contribution in [0, 0.1) is 6.92 Å². The average molecular weight is 252 g/mol. The molecule has 1 aromatic carbocycles. The van der Waals surface area contributed by atoms with Gasteiger partial charge in [-0.25, -0.2) is 4.68 Å². The monoisotopic (exact) mass is 252 g/mol. The van der Waals surface area contributed by atoms with Crippen LogP contribution >= 0.6 is 0 Å². The Kier molecular flexibility index (Phi) is 2.76. The lowest BCUT2D eigenvalue weighted by molar-refractivity contribution is 0.110. The van der Waals surface area contributed by atoms with Gasteiger partial charge in [-0.2, -0.15) is 5.10 Å². The summed E-state index contributed by atoms with van der Waals surface area (Å²) in [6, 6.07) is 13.2. The van der Waals surface area contributed by atoms with Crippen molar-refractivity contribution in [2.24, 2.45) is 0 Å². The summed E-state index contributed by atoms with van der Waals surface area (Å²) in [4.78, 5) is 10.7. The Hall–Kier alpha value is -2.62. The molecule has 0 aliphatic rings. The number of aromatic nitrogens is 2. The van der Waals surface area contributed by atoms with Crippen LogP contribution in [0.5, 0.6) is 0 Å². The van der Waals surface area contributed by atoms with Gasteiger partial charge in [0.15, 0.2) is 12.0 Å². The molecule has 4 nitrogen and oxygen atoms in total. The van der Waals surface area contributed by atoms with E-state index in [1.165, 1.54) is 0 Å². The van der Waals surface area contributed by atoms with E-state index in [9.17, 15) is 4.79 Å². The Morgan fingerprint density at radius 3 is 2.68 bits per heavy atom. The lowest BCUT2D eigenvalue weighted by Gasteiger charge is -2.07. The van der Waals surface area contributed by atoms with E-state index in [0.717, 1.165) is 16.9 Å². The number of rotatable bonds is 3. The van der Waals surface area contributed by atoms with E-state index in [0.29, 0.717) is 17.8 Å². The highest BCUT2D eigenvalue weighted by molar-refractivity contribution is 5.75. The van der Waals surface area contributed by atoms with Crippen molar-refractivity contribution >= 4 is 6.29 Å². The van der Waals surface area contributed by atoms with Crippen LogP contribution in [-0.4, -0.2) is 16.1 Å². The summed E-state index contributed by atoms with van der Waals surface area (Å²) < 4.78 is 7.28. The van der Waals surface area contributed by atoms with Crippen LogP contribution in [0.2, 0.25) is 0 Å². The highest BCUT2D eigenvalue weighted by atomic mass is 16.3. The predicted octanol–water partition coefficient (Wildman–Crippen LogP) is 3.25. The molecule has 0 amide bonds. The van der Waals surface area contributed by atoms with Gasteiger partial charge in [-0.05, 0) is 37.3 Å². The summed E-state index contributed by atoms with van der Waals surface area (Å²) in [6.45, 7) is 1.94. The van der Waals surface area contributed by atoms with Gasteiger partial charge in [0.05, 0.1) is 11.4 Å². The van der Waals surface area contributed by atoms with Crippen LogP contribution in [0.1, 0.15) is 16.2 Å². The van der Waals surface area contributed by atoms with Crippen molar-refractivity contribution in [3.63, 3.8) is 0 Å². The van der Waals surface area contributed by atoms with Crippen molar-refractivity contribution in [2.45, 2.75) is 6.92 Å². The minimum atomic E-state index is 0.321. The Labute approximate surface area is 110 Å². The molecule has 19 heavy (non-hydrogen) atoms. The summed E-state index contributed by atoms with van der Waals surface area (Å²) in [5.74, 6) is 0.979. The minimum Gasteiger partial charge on any atom is -0.453 e. The molecule has 2 aromatic heterocycles. The number of benzene rings is 1. The Morgan fingerprint density at radius 2 is 2.00 bits per heavy atom. The van der Waals surface area contributed by atoms with Gasteiger partial charge in [-0.3, -0.25) is 4.79 Å². The second-order valence-electron chi connectivity index (χ2n) is 4.24. The van der Waals surface area contributed by atoms with Crippen molar-refractivity contribution in [3.05, 3.63) is 60.1 Å². The molecule has 0 saturated heterocycles. The fourth-order valence-electron chi connectivity index (χ4n) is 1.99. The van der Waals surface area contributed by atoms with E-state index in [-0.39, 0.29) is 0 Å². The SMILES string of the molecule is Cc1ccn(-c2ccccc2-c2ccc(C=O)o2)n1. The maximum atomic E-state index is 10.7. The van der Waals surface area contributed by atoms with E-state index < -0.39 is 0 Å². The molecule has 3 aromatic rings. The number of hydrogen-bond donors (Lipinski definition) is 0.